The molecular formula is C10H16N2O2. The van der Waals surface area contributed by atoms with Crippen LogP contribution in [0.4, 0.5) is 5.69 Å². The van der Waals surface area contributed by atoms with Gasteiger partial charge in [-0.05, 0) is 19.0 Å². The van der Waals surface area contributed by atoms with E-state index >= 15 is 0 Å². The molecule has 0 spiro atoms. The summed E-state index contributed by atoms with van der Waals surface area (Å²) in [5.74, 6) is 0.116. The van der Waals surface area contributed by atoms with Crippen molar-refractivity contribution < 1.29 is 10.2 Å². The number of nitrogens with two attached hydrogens (primary N) is 1. The second-order valence-corrected chi connectivity index (χ2v) is 3.07. The standard InChI is InChI=1S/C10H16N2O2/c11-4-1-5-12-9-3-2-8(7-13)10(14)6-9/h2-3,6,12-14H,1,4-5,7,11H2. The molecule has 0 aliphatic rings. The van der Waals surface area contributed by atoms with E-state index in [1.165, 1.54) is 0 Å². The van der Waals surface area contributed by atoms with Crippen LogP contribution in [0.1, 0.15) is 12.0 Å². The Labute approximate surface area is 83.4 Å². The van der Waals surface area contributed by atoms with Gasteiger partial charge in [-0.15, -0.1) is 0 Å². The maximum atomic E-state index is 9.42. The van der Waals surface area contributed by atoms with Crippen LogP contribution in [0.3, 0.4) is 0 Å². The quantitative estimate of drug-likeness (QED) is 0.521. The number of anilines is 1. The zero-order chi connectivity index (χ0) is 10.4. The number of nitrogens with one attached hydrogen (secondary N) is 1. The van der Waals surface area contributed by atoms with Crippen molar-refractivity contribution in [2.75, 3.05) is 18.4 Å². The van der Waals surface area contributed by atoms with Gasteiger partial charge < -0.3 is 21.3 Å². The summed E-state index contributed by atoms with van der Waals surface area (Å²) in [5, 5.41) is 21.4. The molecule has 0 aliphatic carbocycles. The minimum Gasteiger partial charge on any atom is -0.508 e. The first-order valence-corrected chi connectivity index (χ1v) is 4.64. The van der Waals surface area contributed by atoms with Crippen LogP contribution in [-0.2, 0) is 6.61 Å². The van der Waals surface area contributed by atoms with Gasteiger partial charge in [0.15, 0.2) is 0 Å². The highest BCUT2D eigenvalue weighted by molar-refractivity contribution is 5.51. The molecule has 78 valence electrons. The third-order valence-corrected chi connectivity index (χ3v) is 1.97. The van der Waals surface area contributed by atoms with E-state index in [9.17, 15) is 5.11 Å². The van der Waals surface area contributed by atoms with E-state index in [0.717, 1.165) is 18.7 Å². The first-order valence-electron chi connectivity index (χ1n) is 4.64. The Morgan fingerprint density at radius 1 is 1.36 bits per heavy atom. The highest BCUT2D eigenvalue weighted by Crippen LogP contribution is 2.21. The summed E-state index contributed by atoms with van der Waals surface area (Å²) in [6.07, 6.45) is 0.891. The summed E-state index contributed by atoms with van der Waals surface area (Å²) in [6, 6.07) is 5.12. The second-order valence-electron chi connectivity index (χ2n) is 3.07. The zero-order valence-corrected chi connectivity index (χ0v) is 8.03. The average Bonchev–Trinajstić information content (AvgIpc) is 2.18. The smallest absolute Gasteiger partial charge is 0.123 e. The fraction of sp³-hybridized carbons (Fsp3) is 0.400. The number of rotatable bonds is 5. The summed E-state index contributed by atoms with van der Waals surface area (Å²) < 4.78 is 0. The lowest BCUT2D eigenvalue weighted by Gasteiger charge is -2.07. The lowest BCUT2D eigenvalue weighted by molar-refractivity contribution is 0.275. The Morgan fingerprint density at radius 3 is 2.71 bits per heavy atom. The predicted molar refractivity (Wildman–Crippen MR) is 56.2 cm³/mol. The Hall–Kier alpha value is -1.26. The lowest BCUT2D eigenvalue weighted by Crippen LogP contribution is -2.08. The summed E-state index contributed by atoms with van der Waals surface area (Å²) >= 11 is 0. The van der Waals surface area contributed by atoms with Crippen LogP contribution in [0.5, 0.6) is 5.75 Å². The molecule has 0 radical (unpaired) electrons. The van der Waals surface area contributed by atoms with Crippen molar-refractivity contribution in [3.8, 4) is 5.75 Å². The number of aliphatic hydroxyl groups excluding tert-OH is 1. The molecule has 0 saturated carbocycles. The van der Waals surface area contributed by atoms with Crippen LogP contribution in [0, 0.1) is 0 Å². The fourth-order valence-corrected chi connectivity index (χ4v) is 1.14. The molecule has 0 heterocycles. The van der Waals surface area contributed by atoms with Gasteiger partial charge in [0.1, 0.15) is 5.75 Å². The molecule has 0 fully saturated rings. The van der Waals surface area contributed by atoms with Crippen molar-refractivity contribution >= 4 is 5.69 Å². The Morgan fingerprint density at radius 2 is 2.14 bits per heavy atom. The average molecular weight is 196 g/mol. The molecule has 0 aliphatic heterocycles. The van der Waals surface area contributed by atoms with Crippen molar-refractivity contribution in [2.45, 2.75) is 13.0 Å². The summed E-state index contributed by atoms with van der Waals surface area (Å²) in [5.41, 5.74) is 6.72. The number of aromatic hydroxyl groups is 1. The summed E-state index contributed by atoms with van der Waals surface area (Å²) in [4.78, 5) is 0. The molecule has 0 saturated heterocycles. The molecule has 0 amide bonds. The molecule has 1 aromatic rings. The van der Waals surface area contributed by atoms with Crippen LogP contribution < -0.4 is 11.1 Å². The van der Waals surface area contributed by atoms with Gasteiger partial charge in [-0.1, -0.05) is 6.07 Å². The number of phenols is 1. The van der Waals surface area contributed by atoms with E-state index < -0.39 is 0 Å². The number of hydrogen-bond acceptors (Lipinski definition) is 4. The van der Waals surface area contributed by atoms with Crippen molar-refractivity contribution in [2.24, 2.45) is 5.73 Å². The van der Waals surface area contributed by atoms with Crippen LogP contribution in [0.25, 0.3) is 0 Å². The molecule has 0 unspecified atom stereocenters. The van der Waals surface area contributed by atoms with Gasteiger partial charge in [-0.2, -0.15) is 0 Å². The van der Waals surface area contributed by atoms with Crippen molar-refractivity contribution in [3.05, 3.63) is 23.8 Å². The predicted octanol–water partition coefficient (Wildman–Crippen LogP) is 0.645. The monoisotopic (exact) mass is 196 g/mol. The van der Waals surface area contributed by atoms with Gasteiger partial charge in [0.05, 0.1) is 6.61 Å². The van der Waals surface area contributed by atoms with Gasteiger partial charge in [0.2, 0.25) is 0 Å². The molecular weight excluding hydrogens is 180 g/mol. The first-order chi connectivity index (χ1) is 6.77. The van der Waals surface area contributed by atoms with E-state index in [4.69, 9.17) is 10.8 Å². The molecule has 0 aromatic heterocycles. The minimum atomic E-state index is -0.144. The van der Waals surface area contributed by atoms with E-state index in [1.807, 2.05) is 6.07 Å². The normalized spacial score (nSPS) is 10.1. The highest BCUT2D eigenvalue weighted by Gasteiger charge is 2.00. The van der Waals surface area contributed by atoms with Gasteiger partial charge in [0, 0.05) is 23.9 Å². The molecule has 0 atom stereocenters. The van der Waals surface area contributed by atoms with E-state index in [2.05, 4.69) is 5.32 Å². The molecule has 1 aromatic carbocycles. The van der Waals surface area contributed by atoms with Crippen molar-refractivity contribution in [1.82, 2.24) is 0 Å². The van der Waals surface area contributed by atoms with Crippen LogP contribution in [0.15, 0.2) is 18.2 Å². The van der Waals surface area contributed by atoms with Crippen LogP contribution in [0.2, 0.25) is 0 Å². The largest absolute Gasteiger partial charge is 0.508 e. The highest BCUT2D eigenvalue weighted by atomic mass is 16.3. The number of hydrogen-bond donors (Lipinski definition) is 4. The summed E-state index contributed by atoms with van der Waals surface area (Å²) in [7, 11) is 0. The van der Waals surface area contributed by atoms with Gasteiger partial charge >= 0.3 is 0 Å². The van der Waals surface area contributed by atoms with E-state index in [-0.39, 0.29) is 12.4 Å². The number of aliphatic hydroxyl groups is 1. The topological polar surface area (TPSA) is 78.5 Å². The first kappa shape index (κ1) is 10.8. The van der Waals surface area contributed by atoms with Crippen LogP contribution in [-0.4, -0.2) is 23.3 Å². The molecule has 0 bridgehead atoms. The molecule has 4 heteroatoms. The molecule has 5 N–H and O–H groups in total. The van der Waals surface area contributed by atoms with Crippen molar-refractivity contribution in [3.63, 3.8) is 0 Å². The Kier molecular flexibility index (Phi) is 4.22. The third-order valence-electron chi connectivity index (χ3n) is 1.97. The Bertz CT molecular complexity index is 289. The Balaban J connectivity index is 2.57. The summed E-state index contributed by atoms with van der Waals surface area (Å²) in [6.45, 7) is 1.29. The van der Waals surface area contributed by atoms with E-state index in [1.54, 1.807) is 12.1 Å². The molecule has 14 heavy (non-hydrogen) atoms. The molecule has 4 nitrogen and oxygen atoms in total. The minimum absolute atomic E-state index is 0.116. The van der Waals surface area contributed by atoms with Gasteiger partial charge in [0.25, 0.3) is 0 Å². The van der Waals surface area contributed by atoms with Gasteiger partial charge in [-0.25, -0.2) is 0 Å². The van der Waals surface area contributed by atoms with Gasteiger partial charge in [-0.3, -0.25) is 0 Å². The maximum Gasteiger partial charge on any atom is 0.123 e. The fourth-order valence-electron chi connectivity index (χ4n) is 1.14. The molecule has 1 rings (SSSR count). The number of benzene rings is 1. The van der Waals surface area contributed by atoms with E-state index in [0.29, 0.717) is 12.1 Å². The zero-order valence-electron chi connectivity index (χ0n) is 8.03. The van der Waals surface area contributed by atoms with Crippen molar-refractivity contribution in [1.29, 1.82) is 0 Å². The van der Waals surface area contributed by atoms with Crippen LogP contribution >= 0.6 is 0 Å². The SMILES string of the molecule is NCCCNc1ccc(CO)c(O)c1. The lowest BCUT2D eigenvalue weighted by atomic mass is 10.2. The maximum absolute atomic E-state index is 9.42. The third kappa shape index (κ3) is 2.90. The second kappa shape index (κ2) is 5.47.